The highest BCUT2D eigenvalue weighted by atomic mass is 14.7. The van der Waals surface area contributed by atoms with Gasteiger partial charge in [0, 0.05) is 6.20 Å². The Morgan fingerprint density at radius 3 is 3.00 bits per heavy atom. The molecule has 0 aliphatic rings. The number of para-hydroxylation sites is 1. The number of aromatic amines is 1. The zero-order valence-electron chi connectivity index (χ0n) is 6.62. The molecular weight excluding hydrogens is 148 g/mol. The summed E-state index contributed by atoms with van der Waals surface area (Å²) in [5.74, 6) is 0. The normalized spacial score (nSPS) is 11.3. The van der Waals surface area contributed by atoms with Crippen molar-refractivity contribution in [2.45, 2.75) is 0 Å². The lowest BCUT2D eigenvalue weighted by atomic mass is 10.1. The van der Waals surface area contributed by atoms with Crippen LogP contribution in [0, 0.1) is 0 Å². The molecule has 0 atom stereocenters. The van der Waals surface area contributed by atoms with Crippen LogP contribution in [-0.4, -0.2) is 4.98 Å². The topological polar surface area (TPSA) is 41.8 Å². The first-order valence-corrected chi connectivity index (χ1v) is 3.86. The van der Waals surface area contributed by atoms with Crippen LogP contribution in [0.1, 0.15) is 5.56 Å². The van der Waals surface area contributed by atoms with Gasteiger partial charge in [0.15, 0.2) is 0 Å². The third-order valence-electron chi connectivity index (χ3n) is 1.90. The molecule has 0 saturated carbocycles. The number of benzene rings is 1. The Bertz CT molecular complexity index is 412. The lowest BCUT2D eigenvalue weighted by Crippen LogP contribution is -1.79. The summed E-state index contributed by atoms with van der Waals surface area (Å²) in [5.41, 5.74) is 7.59. The molecule has 2 rings (SSSR count). The molecule has 1 aromatic heterocycles. The van der Waals surface area contributed by atoms with Gasteiger partial charge in [-0.2, -0.15) is 0 Å². The lowest BCUT2D eigenvalue weighted by molar-refractivity contribution is 1.47. The maximum atomic E-state index is 5.33. The number of nitrogens with one attached hydrogen (secondary N) is 1. The molecule has 0 saturated heterocycles. The van der Waals surface area contributed by atoms with Crippen molar-refractivity contribution < 1.29 is 0 Å². The fourth-order valence-corrected chi connectivity index (χ4v) is 1.35. The molecule has 0 aliphatic carbocycles. The minimum absolute atomic E-state index is 1.13. The van der Waals surface area contributed by atoms with Crippen molar-refractivity contribution in [2.75, 3.05) is 0 Å². The Hall–Kier alpha value is -1.70. The Kier molecular flexibility index (Phi) is 1.59. The number of nitrogens with two attached hydrogens (primary N) is 1. The standard InChI is InChI=1S/C10H10N2/c11-6-4-8-2-1-3-9-5-7-12-10(8)9/h1-7,12H,11H2. The maximum absolute atomic E-state index is 5.33. The molecule has 0 spiro atoms. The quantitative estimate of drug-likeness (QED) is 0.655. The van der Waals surface area contributed by atoms with E-state index in [0.717, 1.165) is 11.1 Å². The van der Waals surface area contributed by atoms with E-state index < -0.39 is 0 Å². The molecule has 2 nitrogen and oxygen atoms in total. The summed E-state index contributed by atoms with van der Waals surface area (Å²) in [7, 11) is 0. The largest absolute Gasteiger partial charge is 0.405 e. The summed E-state index contributed by atoms with van der Waals surface area (Å²) in [5, 5.41) is 1.21. The van der Waals surface area contributed by atoms with Crippen LogP contribution >= 0.6 is 0 Å². The third kappa shape index (κ3) is 0.975. The molecular formula is C10H10N2. The number of aromatic nitrogens is 1. The summed E-state index contributed by atoms with van der Waals surface area (Å²) < 4.78 is 0. The second kappa shape index (κ2) is 2.74. The number of rotatable bonds is 1. The van der Waals surface area contributed by atoms with Crippen LogP contribution in [0.3, 0.4) is 0 Å². The van der Waals surface area contributed by atoms with E-state index >= 15 is 0 Å². The maximum Gasteiger partial charge on any atom is 0.0528 e. The monoisotopic (exact) mass is 158 g/mol. The van der Waals surface area contributed by atoms with Crippen molar-refractivity contribution in [3.8, 4) is 0 Å². The van der Waals surface area contributed by atoms with Crippen molar-refractivity contribution >= 4 is 17.0 Å². The second-order valence-electron chi connectivity index (χ2n) is 2.65. The molecule has 0 fully saturated rings. The van der Waals surface area contributed by atoms with E-state index in [1.54, 1.807) is 6.20 Å². The zero-order valence-corrected chi connectivity index (χ0v) is 6.62. The van der Waals surface area contributed by atoms with Crippen molar-refractivity contribution in [1.82, 2.24) is 4.98 Å². The van der Waals surface area contributed by atoms with Gasteiger partial charge in [0.25, 0.3) is 0 Å². The van der Waals surface area contributed by atoms with Crippen molar-refractivity contribution in [3.63, 3.8) is 0 Å². The minimum Gasteiger partial charge on any atom is -0.405 e. The SMILES string of the molecule is NC=Cc1cccc2cc[nH]c12. The highest BCUT2D eigenvalue weighted by Gasteiger charge is 1.96. The molecule has 0 aliphatic heterocycles. The predicted molar refractivity (Wildman–Crippen MR) is 51.5 cm³/mol. The number of H-pyrrole nitrogens is 1. The van der Waals surface area contributed by atoms with Crippen LogP contribution in [0.2, 0.25) is 0 Å². The third-order valence-corrected chi connectivity index (χ3v) is 1.90. The van der Waals surface area contributed by atoms with Gasteiger partial charge in [0.2, 0.25) is 0 Å². The van der Waals surface area contributed by atoms with Gasteiger partial charge < -0.3 is 10.7 Å². The summed E-state index contributed by atoms with van der Waals surface area (Å²) >= 11 is 0. The molecule has 0 bridgehead atoms. The van der Waals surface area contributed by atoms with Crippen molar-refractivity contribution in [2.24, 2.45) is 5.73 Å². The summed E-state index contributed by atoms with van der Waals surface area (Å²) in [6.07, 6.45) is 5.37. The predicted octanol–water partition coefficient (Wildman–Crippen LogP) is 2.10. The van der Waals surface area contributed by atoms with Crippen molar-refractivity contribution in [3.05, 3.63) is 42.2 Å². The average molecular weight is 158 g/mol. The molecule has 0 radical (unpaired) electrons. The first-order chi connectivity index (χ1) is 5.92. The van der Waals surface area contributed by atoms with E-state index in [0.29, 0.717) is 0 Å². The van der Waals surface area contributed by atoms with Gasteiger partial charge in [-0.05, 0) is 29.3 Å². The Labute approximate surface area is 70.7 Å². The number of hydrogen-bond donors (Lipinski definition) is 2. The fourth-order valence-electron chi connectivity index (χ4n) is 1.35. The number of fused-ring (bicyclic) bond motifs is 1. The van der Waals surface area contributed by atoms with Crippen LogP contribution < -0.4 is 5.73 Å². The van der Waals surface area contributed by atoms with E-state index in [1.807, 2.05) is 30.5 Å². The molecule has 0 amide bonds. The first kappa shape index (κ1) is 6.98. The Morgan fingerprint density at radius 2 is 2.17 bits per heavy atom. The van der Waals surface area contributed by atoms with Gasteiger partial charge >= 0.3 is 0 Å². The van der Waals surface area contributed by atoms with Crippen molar-refractivity contribution in [1.29, 1.82) is 0 Å². The van der Waals surface area contributed by atoms with Gasteiger partial charge in [-0.15, -0.1) is 0 Å². The van der Waals surface area contributed by atoms with Crippen LogP contribution in [0.4, 0.5) is 0 Å². The van der Waals surface area contributed by atoms with Gasteiger partial charge in [0.1, 0.15) is 0 Å². The molecule has 2 aromatic rings. The number of hydrogen-bond acceptors (Lipinski definition) is 1. The second-order valence-corrected chi connectivity index (χ2v) is 2.65. The molecule has 1 aromatic carbocycles. The highest BCUT2D eigenvalue weighted by Crippen LogP contribution is 2.17. The van der Waals surface area contributed by atoms with Crippen LogP contribution in [-0.2, 0) is 0 Å². The van der Waals surface area contributed by atoms with Crippen LogP contribution in [0.5, 0.6) is 0 Å². The van der Waals surface area contributed by atoms with E-state index in [-0.39, 0.29) is 0 Å². The molecule has 1 heterocycles. The average Bonchev–Trinajstić information content (AvgIpc) is 2.53. The zero-order chi connectivity index (χ0) is 8.39. The first-order valence-electron chi connectivity index (χ1n) is 3.86. The van der Waals surface area contributed by atoms with Crippen LogP contribution in [0.15, 0.2) is 36.7 Å². The Balaban J connectivity index is 2.73. The fraction of sp³-hybridized carbons (Fsp3) is 0. The summed E-state index contributed by atoms with van der Waals surface area (Å²) in [6.45, 7) is 0. The molecule has 60 valence electrons. The molecule has 3 N–H and O–H groups in total. The minimum atomic E-state index is 1.13. The smallest absolute Gasteiger partial charge is 0.0528 e. The summed E-state index contributed by atoms with van der Waals surface area (Å²) in [6, 6.07) is 8.16. The van der Waals surface area contributed by atoms with Gasteiger partial charge in [-0.3, -0.25) is 0 Å². The highest BCUT2D eigenvalue weighted by molar-refractivity contribution is 5.87. The molecule has 0 unspecified atom stereocenters. The van der Waals surface area contributed by atoms with Gasteiger partial charge in [-0.1, -0.05) is 18.2 Å². The van der Waals surface area contributed by atoms with E-state index in [1.165, 1.54) is 5.39 Å². The van der Waals surface area contributed by atoms with E-state index in [9.17, 15) is 0 Å². The van der Waals surface area contributed by atoms with E-state index in [4.69, 9.17) is 5.73 Å². The molecule has 12 heavy (non-hydrogen) atoms. The van der Waals surface area contributed by atoms with Gasteiger partial charge in [0.05, 0.1) is 5.52 Å². The van der Waals surface area contributed by atoms with Gasteiger partial charge in [-0.25, -0.2) is 0 Å². The Morgan fingerprint density at radius 1 is 1.25 bits per heavy atom. The van der Waals surface area contributed by atoms with Crippen LogP contribution in [0.25, 0.3) is 17.0 Å². The molecule has 2 heteroatoms. The summed E-state index contributed by atoms with van der Waals surface area (Å²) in [4.78, 5) is 3.17. The van der Waals surface area contributed by atoms with E-state index in [2.05, 4.69) is 11.1 Å². The lowest BCUT2D eigenvalue weighted by Gasteiger charge is -1.94.